The molecular formula is C19H26N6. The molecule has 0 fully saturated rings. The van der Waals surface area contributed by atoms with E-state index in [1.54, 1.807) is 12.4 Å². The Bertz CT molecular complexity index is 629. The van der Waals surface area contributed by atoms with Crippen LogP contribution in [0.15, 0.2) is 36.7 Å². The van der Waals surface area contributed by atoms with Gasteiger partial charge in [0.15, 0.2) is 0 Å². The summed E-state index contributed by atoms with van der Waals surface area (Å²) in [5, 5.41) is 14.7. The van der Waals surface area contributed by atoms with Gasteiger partial charge in [0, 0.05) is 34.9 Å². The van der Waals surface area contributed by atoms with Gasteiger partial charge in [-0.2, -0.15) is 0 Å². The van der Waals surface area contributed by atoms with E-state index < -0.39 is 0 Å². The summed E-state index contributed by atoms with van der Waals surface area (Å²) >= 11 is 0. The second-order valence-electron chi connectivity index (χ2n) is 6.17. The van der Waals surface area contributed by atoms with Crippen LogP contribution in [-0.4, -0.2) is 21.6 Å². The van der Waals surface area contributed by atoms with E-state index in [0.717, 1.165) is 37.1 Å². The summed E-state index contributed by atoms with van der Waals surface area (Å²) in [5.41, 5.74) is 14.3. The maximum atomic E-state index is 7.35. The summed E-state index contributed by atoms with van der Waals surface area (Å²) in [6.07, 6.45) is 11.1. The first-order chi connectivity index (χ1) is 12.1. The normalized spacial score (nSPS) is 10.6. The average Bonchev–Trinajstić information content (AvgIpc) is 2.61. The van der Waals surface area contributed by atoms with Gasteiger partial charge in [-0.05, 0) is 49.9 Å². The summed E-state index contributed by atoms with van der Waals surface area (Å²) in [4.78, 5) is 8.68. The molecule has 0 aliphatic heterocycles. The quantitative estimate of drug-likeness (QED) is 0.302. The van der Waals surface area contributed by atoms with Crippen molar-refractivity contribution >= 4 is 11.7 Å². The van der Waals surface area contributed by atoms with Crippen molar-refractivity contribution in [1.29, 1.82) is 10.8 Å². The number of rotatable bonds is 10. The lowest BCUT2D eigenvalue weighted by molar-refractivity contribution is 0.607. The number of aromatic nitrogens is 2. The van der Waals surface area contributed by atoms with Gasteiger partial charge in [-0.1, -0.05) is 19.3 Å². The number of nitrogens with one attached hydrogen (secondary N) is 2. The Morgan fingerprint density at radius 1 is 0.680 bits per heavy atom. The first-order valence-corrected chi connectivity index (χ1v) is 8.65. The number of unbranched alkanes of at least 4 members (excludes halogenated alkanes) is 4. The van der Waals surface area contributed by atoms with Crippen molar-refractivity contribution in [1.82, 2.24) is 9.97 Å². The van der Waals surface area contributed by atoms with E-state index in [0.29, 0.717) is 11.1 Å². The van der Waals surface area contributed by atoms with Crippen LogP contribution in [0.4, 0.5) is 0 Å². The summed E-state index contributed by atoms with van der Waals surface area (Å²) in [6.45, 7) is 0. The average molecular weight is 338 g/mol. The number of aryl methyl sites for hydroxylation is 2. The first-order valence-electron chi connectivity index (χ1n) is 8.65. The van der Waals surface area contributed by atoms with E-state index >= 15 is 0 Å². The third kappa shape index (κ3) is 6.33. The Morgan fingerprint density at radius 3 is 1.40 bits per heavy atom. The number of nitrogens with zero attached hydrogens (tertiary/aromatic N) is 2. The third-order valence-electron chi connectivity index (χ3n) is 4.14. The van der Waals surface area contributed by atoms with Gasteiger partial charge < -0.3 is 11.5 Å². The van der Waals surface area contributed by atoms with Gasteiger partial charge in [-0.25, -0.2) is 0 Å². The van der Waals surface area contributed by atoms with Crippen LogP contribution in [0.5, 0.6) is 0 Å². The number of hydrogen-bond donors (Lipinski definition) is 4. The van der Waals surface area contributed by atoms with Crippen LogP contribution in [-0.2, 0) is 12.8 Å². The molecule has 0 saturated carbocycles. The second kappa shape index (κ2) is 9.52. The smallest absolute Gasteiger partial charge is 0.124 e. The molecule has 6 N–H and O–H groups in total. The minimum absolute atomic E-state index is 0.0597. The molecule has 0 aliphatic rings. The molecule has 0 aliphatic carbocycles. The Kier molecular flexibility index (Phi) is 7.07. The molecule has 2 rings (SSSR count). The summed E-state index contributed by atoms with van der Waals surface area (Å²) in [7, 11) is 0. The number of hydrogen-bond acceptors (Lipinski definition) is 4. The zero-order chi connectivity index (χ0) is 18.1. The van der Waals surface area contributed by atoms with E-state index in [9.17, 15) is 0 Å². The van der Waals surface area contributed by atoms with E-state index in [1.807, 2.05) is 24.3 Å². The topological polar surface area (TPSA) is 126 Å². The Hall–Kier alpha value is -2.76. The minimum atomic E-state index is 0.0597. The maximum Gasteiger partial charge on any atom is 0.124 e. The van der Waals surface area contributed by atoms with Crippen LogP contribution in [0, 0.1) is 10.8 Å². The van der Waals surface area contributed by atoms with Crippen LogP contribution < -0.4 is 11.5 Å². The molecule has 0 radical (unpaired) electrons. The molecule has 2 aromatic rings. The number of nitrogens with two attached hydrogens (primary N) is 2. The molecule has 132 valence electrons. The van der Waals surface area contributed by atoms with Gasteiger partial charge in [-0.3, -0.25) is 20.8 Å². The zero-order valence-electron chi connectivity index (χ0n) is 14.5. The van der Waals surface area contributed by atoms with Crippen LogP contribution in [0.3, 0.4) is 0 Å². The second-order valence-corrected chi connectivity index (χ2v) is 6.17. The van der Waals surface area contributed by atoms with Crippen molar-refractivity contribution in [2.75, 3.05) is 0 Å². The van der Waals surface area contributed by atoms with Crippen molar-refractivity contribution in [3.8, 4) is 0 Å². The number of nitrogen functional groups attached to an aromatic ring is 2. The fraction of sp³-hybridized carbons (Fsp3) is 0.368. The molecule has 0 spiro atoms. The van der Waals surface area contributed by atoms with Gasteiger partial charge in [0.2, 0.25) is 0 Å². The highest BCUT2D eigenvalue weighted by molar-refractivity contribution is 5.94. The molecule has 0 amide bonds. The van der Waals surface area contributed by atoms with Crippen molar-refractivity contribution in [3.05, 3.63) is 59.2 Å². The predicted octanol–water partition coefficient (Wildman–Crippen LogP) is 2.78. The lowest BCUT2D eigenvalue weighted by atomic mass is 10.1. The number of pyridine rings is 2. The fourth-order valence-electron chi connectivity index (χ4n) is 2.61. The van der Waals surface area contributed by atoms with E-state index in [4.69, 9.17) is 22.3 Å². The Morgan fingerprint density at radius 2 is 1.08 bits per heavy atom. The Balaban J connectivity index is 1.57. The predicted molar refractivity (Wildman–Crippen MR) is 101 cm³/mol. The van der Waals surface area contributed by atoms with Crippen molar-refractivity contribution < 1.29 is 0 Å². The standard InChI is InChI=1S/C19H26N6/c20-18(21)14-8-10-16(24-12-14)6-4-2-1-3-5-7-17-11-9-15(13-25-17)19(22)23/h8-13H,1-7H2,(H3,20,21)(H3,22,23). The highest BCUT2D eigenvalue weighted by Gasteiger charge is 2.01. The molecule has 2 heterocycles. The van der Waals surface area contributed by atoms with Crippen LogP contribution in [0.1, 0.15) is 54.6 Å². The third-order valence-corrected chi connectivity index (χ3v) is 4.14. The zero-order valence-corrected chi connectivity index (χ0v) is 14.5. The minimum Gasteiger partial charge on any atom is -0.384 e. The van der Waals surface area contributed by atoms with Crippen molar-refractivity contribution in [2.45, 2.75) is 44.9 Å². The van der Waals surface area contributed by atoms with Gasteiger partial charge in [0.05, 0.1) is 0 Å². The highest BCUT2D eigenvalue weighted by atomic mass is 14.7. The van der Waals surface area contributed by atoms with Gasteiger partial charge >= 0.3 is 0 Å². The van der Waals surface area contributed by atoms with E-state index in [-0.39, 0.29) is 11.7 Å². The van der Waals surface area contributed by atoms with Gasteiger partial charge in [-0.15, -0.1) is 0 Å². The SMILES string of the molecule is N=C(N)c1ccc(CCCCCCCc2ccc(C(=N)N)cn2)nc1. The number of amidine groups is 2. The summed E-state index contributed by atoms with van der Waals surface area (Å²) < 4.78 is 0. The Labute approximate surface area is 148 Å². The van der Waals surface area contributed by atoms with E-state index in [1.165, 1.54) is 19.3 Å². The molecule has 0 aromatic carbocycles. The van der Waals surface area contributed by atoms with Crippen molar-refractivity contribution in [3.63, 3.8) is 0 Å². The molecule has 2 aromatic heterocycles. The molecule has 6 nitrogen and oxygen atoms in total. The van der Waals surface area contributed by atoms with Crippen LogP contribution in [0.2, 0.25) is 0 Å². The van der Waals surface area contributed by atoms with Gasteiger partial charge in [0.1, 0.15) is 11.7 Å². The van der Waals surface area contributed by atoms with Crippen LogP contribution >= 0.6 is 0 Å². The summed E-state index contributed by atoms with van der Waals surface area (Å²) in [5.74, 6) is 0.119. The summed E-state index contributed by atoms with van der Waals surface area (Å²) in [6, 6.07) is 7.62. The van der Waals surface area contributed by atoms with Gasteiger partial charge in [0.25, 0.3) is 0 Å². The van der Waals surface area contributed by atoms with Crippen molar-refractivity contribution in [2.24, 2.45) is 11.5 Å². The van der Waals surface area contributed by atoms with Crippen LogP contribution in [0.25, 0.3) is 0 Å². The monoisotopic (exact) mass is 338 g/mol. The fourth-order valence-corrected chi connectivity index (χ4v) is 2.61. The lowest BCUT2D eigenvalue weighted by Crippen LogP contribution is -2.11. The lowest BCUT2D eigenvalue weighted by Gasteiger charge is -2.04. The largest absolute Gasteiger partial charge is 0.384 e. The molecule has 25 heavy (non-hydrogen) atoms. The molecular weight excluding hydrogens is 312 g/mol. The molecule has 0 bridgehead atoms. The molecule has 0 atom stereocenters. The first kappa shape index (κ1) is 18.6. The molecule has 6 heteroatoms. The van der Waals surface area contributed by atoms with E-state index in [2.05, 4.69) is 9.97 Å². The highest BCUT2D eigenvalue weighted by Crippen LogP contribution is 2.10. The molecule has 0 unspecified atom stereocenters. The molecule has 0 saturated heterocycles. The maximum absolute atomic E-state index is 7.35.